The van der Waals surface area contributed by atoms with Crippen LogP contribution in [0.4, 0.5) is 11.6 Å². The number of methoxy groups -OCH3 is 1. The van der Waals surface area contributed by atoms with Gasteiger partial charge in [-0.25, -0.2) is 9.97 Å². The highest BCUT2D eigenvalue weighted by Crippen LogP contribution is 2.21. The van der Waals surface area contributed by atoms with Gasteiger partial charge in [-0.3, -0.25) is 14.9 Å². The average Bonchev–Trinajstić information content (AvgIpc) is 2.46. The van der Waals surface area contributed by atoms with Crippen molar-refractivity contribution in [3.63, 3.8) is 0 Å². The SMILES string of the molecule is COC(=O)C1CCCN(c2ncc([N+](=O)[O-])cn2)C1. The minimum absolute atomic E-state index is 0.148. The van der Waals surface area contributed by atoms with E-state index in [9.17, 15) is 14.9 Å². The van der Waals surface area contributed by atoms with Crippen LogP contribution < -0.4 is 4.90 Å². The first kappa shape index (κ1) is 13.2. The number of hydrogen-bond donors (Lipinski definition) is 0. The van der Waals surface area contributed by atoms with Gasteiger partial charge in [0, 0.05) is 13.1 Å². The molecule has 1 aromatic rings. The Kier molecular flexibility index (Phi) is 3.88. The molecule has 0 aromatic carbocycles. The first-order chi connectivity index (χ1) is 9.11. The van der Waals surface area contributed by atoms with Crippen LogP contribution >= 0.6 is 0 Å². The highest BCUT2D eigenvalue weighted by atomic mass is 16.6. The van der Waals surface area contributed by atoms with Crippen molar-refractivity contribution in [2.75, 3.05) is 25.1 Å². The maximum Gasteiger partial charge on any atom is 0.310 e. The van der Waals surface area contributed by atoms with Gasteiger partial charge in [0.15, 0.2) is 0 Å². The second-order valence-corrected chi connectivity index (χ2v) is 4.31. The largest absolute Gasteiger partial charge is 0.469 e. The average molecular weight is 266 g/mol. The third-order valence-corrected chi connectivity index (χ3v) is 3.07. The number of ether oxygens (including phenoxy) is 1. The quantitative estimate of drug-likeness (QED) is 0.452. The molecular weight excluding hydrogens is 252 g/mol. The molecule has 0 saturated carbocycles. The second-order valence-electron chi connectivity index (χ2n) is 4.31. The Morgan fingerprint density at radius 2 is 2.21 bits per heavy atom. The molecule has 1 aliphatic rings. The van der Waals surface area contributed by atoms with Gasteiger partial charge >= 0.3 is 11.7 Å². The first-order valence-corrected chi connectivity index (χ1v) is 5.91. The fraction of sp³-hybridized carbons (Fsp3) is 0.545. The Bertz CT molecular complexity index is 476. The van der Waals surface area contributed by atoms with Crippen molar-refractivity contribution in [2.45, 2.75) is 12.8 Å². The van der Waals surface area contributed by atoms with E-state index in [4.69, 9.17) is 4.74 Å². The van der Waals surface area contributed by atoms with E-state index in [1.165, 1.54) is 19.5 Å². The molecule has 0 amide bonds. The van der Waals surface area contributed by atoms with E-state index in [1.807, 2.05) is 4.90 Å². The van der Waals surface area contributed by atoms with E-state index in [1.54, 1.807) is 0 Å². The molecule has 19 heavy (non-hydrogen) atoms. The Balaban J connectivity index is 2.08. The maximum atomic E-state index is 11.5. The summed E-state index contributed by atoms with van der Waals surface area (Å²) >= 11 is 0. The van der Waals surface area contributed by atoms with Crippen molar-refractivity contribution in [2.24, 2.45) is 5.92 Å². The Labute approximate surface area is 109 Å². The minimum Gasteiger partial charge on any atom is -0.469 e. The number of nitro groups is 1. The molecule has 0 aliphatic carbocycles. The van der Waals surface area contributed by atoms with Crippen LogP contribution in [0.2, 0.25) is 0 Å². The molecule has 1 unspecified atom stereocenters. The fourth-order valence-electron chi connectivity index (χ4n) is 2.09. The zero-order valence-corrected chi connectivity index (χ0v) is 10.5. The Morgan fingerprint density at radius 1 is 1.53 bits per heavy atom. The van der Waals surface area contributed by atoms with Gasteiger partial charge in [0.25, 0.3) is 0 Å². The van der Waals surface area contributed by atoms with Crippen molar-refractivity contribution in [1.82, 2.24) is 9.97 Å². The van der Waals surface area contributed by atoms with Gasteiger partial charge < -0.3 is 9.64 Å². The third-order valence-electron chi connectivity index (χ3n) is 3.07. The van der Waals surface area contributed by atoms with E-state index in [-0.39, 0.29) is 17.6 Å². The highest BCUT2D eigenvalue weighted by molar-refractivity contribution is 5.73. The molecule has 0 N–H and O–H groups in total. The van der Waals surface area contributed by atoms with Crippen LogP contribution in [0.25, 0.3) is 0 Å². The fourth-order valence-corrected chi connectivity index (χ4v) is 2.09. The molecule has 2 heterocycles. The monoisotopic (exact) mass is 266 g/mol. The van der Waals surface area contributed by atoms with E-state index in [0.29, 0.717) is 12.5 Å². The van der Waals surface area contributed by atoms with E-state index in [2.05, 4.69) is 9.97 Å². The molecule has 1 fully saturated rings. The molecule has 8 nitrogen and oxygen atoms in total. The summed E-state index contributed by atoms with van der Waals surface area (Å²) in [5.74, 6) is -0.0386. The van der Waals surface area contributed by atoms with Gasteiger partial charge in [-0.2, -0.15) is 0 Å². The van der Waals surface area contributed by atoms with Crippen LogP contribution in [0.5, 0.6) is 0 Å². The van der Waals surface area contributed by atoms with Crippen LogP contribution in [0.15, 0.2) is 12.4 Å². The minimum atomic E-state index is -0.544. The number of carbonyl (C=O) groups is 1. The molecule has 0 spiro atoms. The molecular formula is C11H14N4O4. The lowest BCUT2D eigenvalue weighted by Crippen LogP contribution is -2.40. The van der Waals surface area contributed by atoms with Crippen LogP contribution in [-0.2, 0) is 9.53 Å². The summed E-state index contributed by atoms with van der Waals surface area (Å²) in [6.07, 6.45) is 3.95. The van der Waals surface area contributed by atoms with E-state index in [0.717, 1.165) is 19.4 Å². The highest BCUT2D eigenvalue weighted by Gasteiger charge is 2.27. The zero-order chi connectivity index (χ0) is 13.8. The van der Waals surface area contributed by atoms with Crippen LogP contribution in [0.1, 0.15) is 12.8 Å². The van der Waals surface area contributed by atoms with Gasteiger partial charge in [-0.15, -0.1) is 0 Å². The first-order valence-electron chi connectivity index (χ1n) is 5.91. The van der Waals surface area contributed by atoms with E-state index >= 15 is 0 Å². The second kappa shape index (κ2) is 5.59. The number of rotatable bonds is 3. The smallest absolute Gasteiger partial charge is 0.310 e. The number of carbonyl (C=O) groups excluding carboxylic acids is 1. The van der Waals surface area contributed by atoms with Crippen LogP contribution in [0.3, 0.4) is 0 Å². The maximum absolute atomic E-state index is 11.5. The summed E-state index contributed by atoms with van der Waals surface area (Å²) in [6, 6.07) is 0. The predicted molar refractivity (Wildman–Crippen MR) is 65.6 cm³/mol. The van der Waals surface area contributed by atoms with Crippen LogP contribution in [0, 0.1) is 16.0 Å². The molecule has 2 rings (SSSR count). The van der Waals surface area contributed by atoms with Crippen molar-refractivity contribution in [3.05, 3.63) is 22.5 Å². The topological polar surface area (TPSA) is 98.5 Å². The van der Waals surface area contributed by atoms with Crippen LogP contribution in [-0.4, -0.2) is 41.1 Å². The lowest BCUT2D eigenvalue weighted by Gasteiger charge is -2.31. The van der Waals surface area contributed by atoms with Crippen molar-refractivity contribution < 1.29 is 14.5 Å². The number of esters is 1. The molecule has 102 valence electrons. The normalized spacial score (nSPS) is 19.0. The standard InChI is InChI=1S/C11H14N4O4/c1-19-10(16)8-3-2-4-14(7-8)11-12-5-9(6-13-11)15(17)18/h5-6,8H,2-4,7H2,1H3. The number of anilines is 1. The van der Waals surface area contributed by atoms with Gasteiger partial charge in [-0.1, -0.05) is 0 Å². The Hall–Kier alpha value is -2.25. The molecule has 1 atom stereocenters. The predicted octanol–water partition coefficient (Wildman–Crippen LogP) is 0.774. The molecule has 0 bridgehead atoms. The summed E-state index contributed by atoms with van der Waals surface area (Å²) in [6.45, 7) is 1.20. The summed E-state index contributed by atoms with van der Waals surface area (Å²) in [5.41, 5.74) is -0.148. The van der Waals surface area contributed by atoms with Crippen molar-refractivity contribution >= 4 is 17.6 Å². The van der Waals surface area contributed by atoms with E-state index < -0.39 is 4.92 Å². The number of aromatic nitrogens is 2. The summed E-state index contributed by atoms with van der Waals surface area (Å²) in [7, 11) is 1.36. The molecule has 1 aromatic heterocycles. The summed E-state index contributed by atoms with van der Waals surface area (Å²) < 4.78 is 4.73. The number of hydrogen-bond acceptors (Lipinski definition) is 7. The van der Waals surface area contributed by atoms with Gasteiger partial charge in [0.05, 0.1) is 18.0 Å². The van der Waals surface area contributed by atoms with Gasteiger partial charge in [0.1, 0.15) is 12.4 Å². The summed E-state index contributed by atoms with van der Waals surface area (Å²) in [5, 5.41) is 10.5. The molecule has 0 radical (unpaired) electrons. The number of nitrogens with zero attached hydrogens (tertiary/aromatic N) is 4. The lowest BCUT2D eigenvalue weighted by molar-refractivity contribution is -0.385. The number of piperidine rings is 1. The van der Waals surface area contributed by atoms with Gasteiger partial charge in [-0.05, 0) is 12.8 Å². The van der Waals surface area contributed by atoms with Crippen molar-refractivity contribution in [1.29, 1.82) is 0 Å². The molecule has 1 aliphatic heterocycles. The molecule has 8 heteroatoms. The third kappa shape index (κ3) is 2.95. The van der Waals surface area contributed by atoms with Gasteiger partial charge in [0.2, 0.25) is 5.95 Å². The lowest BCUT2D eigenvalue weighted by atomic mass is 9.98. The van der Waals surface area contributed by atoms with Crippen molar-refractivity contribution in [3.8, 4) is 0 Å². The summed E-state index contributed by atoms with van der Waals surface area (Å²) in [4.78, 5) is 31.3. The Morgan fingerprint density at radius 3 is 2.79 bits per heavy atom. The molecule has 1 saturated heterocycles. The zero-order valence-electron chi connectivity index (χ0n) is 10.5.